The molecule has 100 valence electrons. The molecule has 4 nitrogen and oxygen atoms in total. The monoisotopic (exact) mass is 267 g/mol. The van der Waals surface area contributed by atoms with Crippen molar-refractivity contribution in [1.82, 2.24) is 4.90 Å². The lowest BCUT2D eigenvalue weighted by Gasteiger charge is -2.27. The number of nitrogens with two attached hydrogens (primary N) is 1. The summed E-state index contributed by atoms with van der Waals surface area (Å²) in [5.41, 5.74) is 7.97. The molecule has 0 radical (unpaired) electrons. The third-order valence-corrected chi connectivity index (χ3v) is 3.11. The molecule has 0 amide bonds. The Labute approximate surface area is 114 Å². The molecule has 3 N–H and O–H groups in total. The fourth-order valence-corrected chi connectivity index (χ4v) is 2.19. The van der Waals surface area contributed by atoms with E-state index in [9.17, 15) is 0 Å². The normalized spacial score (nSPS) is 12.5. The Bertz CT molecular complexity index is 392. The van der Waals surface area contributed by atoms with E-state index in [1.807, 2.05) is 55.2 Å². The Balaban J connectivity index is 2.96. The third-order valence-electron chi connectivity index (χ3n) is 2.89. The van der Waals surface area contributed by atoms with E-state index in [2.05, 4.69) is 0 Å². The molecule has 0 aliphatic carbocycles. The third kappa shape index (κ3) is 3.66. The minimum atomic E-state index is -0.136. The van der Waals surface area contributed by atoms with Crippen molar-refractivity contribution in [3.8, 4) is 0 Å². The fraction of sp³-hybridized carbons (Fsp3) is 0.462. The summed E-state index contributed by atoms with van der Waals surface area (Å²) in [4.78, 5) is 4.41. The first-order valence-corrected chi connectivity index (χ1v) is 6.26. The molecule has 1 atom stereocenters. The molecule has 0 aliphatic heterocycles. The van der Waals surface area contributed by atoms with Gasteiger partial charge in [0.05, 0.1) is 17.6 Å². The molecule has 1 aromatic rings. The molecule has 1 aromatic carbocycles. The van der Waals surface area contributed by atoms with E-state index in [1.54, 1.807) is 0 Å². The molecule has 0 heterocycles. The van der Waals surface area contributed by atoms with E-state index in [0.29, 0.717) is 11.5 Å². The van der Waals surface area contributed by atoms with Crippen LogP contribution in [0.3, 0.4) is 0 Å². The van der Waals surface area contributed by atoms with Crippen LogP contribution >= 0.6 is 12.2 Å². The average Bonchev–Trinajstić information content (AvgIpc) is 2.29. The highest BCUT2D eigenvalue weighted by Gasteiger charge is 2.19. The van der Waals surface area contributed by atoms with Crippen molar-refractivity contribution in [2.45, 2.75) is 6.04 Å². The summed E-state index contributed by atoms with van der Waals surface area (Å²) in [6.07, 6.45) is 0. The molecule has 0 aromatic heterocycles. The van der Waals surface area contributed by atoms with Crippen LogP contribution in [0.25, 0.3) is 0 Å². The van der Waals surface area contributed by atoms with Gasteiger partial charge in [0.2, 0.25) is 0 Å². The summed E-state index contributed by atoms with van der Waals surface area (Å²) in [7, 11) is 5.90. The van der Waals surface area contributed by atoms with Crippen LogP contribution in [0.2, 0.25) is 0 Å². The Morgan fingerprint density at radius 3 is 2.22 bits per heavy atom. The van der Waals surface area contributed by atoms with E-state index < -0.39 is 0 Å². The maximum absolute atomic E-state index is 9.00. The van der Waals surface area contributed by atoms with Gasteiger partial charge in [-0.05, 0) is 24.7 Å². The maximum atomic E-state index is 9.00. The first-order valence-electron chi connectivity index (χ1n) is 5.85. The van der Waals surface area contributed by atoms with Gasteiger partial charge < -0.3 is 15.7 Å². The van der Waals surface area contributed by atoms with Crippen LogP contribution in [0.1, 0.15) is 11.6 Å². The number of aliphatic hydroxyl groups excluding tert-OH is 1. The Morgan fingerprint density at radius 1 is 1.28 bits per heavy atom. The summed E-state index contributed by atoms with van der Waals surface area (Å²) in [5, 5.41) is 9.00. The largest absolute Gasteiger partial charge is 0.395 e. The van der Waals surface area contributed by atoms with Crippen molar-refractivity contribution in [3.63, 3.8) is 0 Å². The van der Waals surface area contributed by atoms with Gasteiger partial charge in [0.1, 0.15) is 0 Å². The molecule has 0 fully saturated rings. The predicted octanol–water partition coefficient (Wildman–Crippen LogP) is 1.00. The van der Waals surface area contributed by atoms with Crippen molar-refractivity contribution >= 4 is 22.9 Å². The smallest absolute Gasteiger partial charge is 0.0948 e. The number of benzene rings is 1. The molecule has 1 unspecified atom stereocenters. The van der Waals surface area contributed by atoms with Crippen molar-refractivity contribution in [2.24, 2.45) is 5.73 Å². The minimum absolute atomic E-state index is 0.0887. The molecule has 1 rings (SSSR count). The van der Waals surface area contributed by atoms with Gasteiger partial charge in [-0.15, -0.1) is 0 Å². The summed E-state index contributed by atoms with van der Waals surface area (Å²) < 4.78 is 0. The zero-order chi connectivity index (χ0) is 13.7. The van der Waals surface area contributed by atoms with Crippen LogP contribution in [0, 0.1) is 0 Å². The Morgan fingerprint density at radius 2 is 1.83 bits per heavy atom. The second kappa shape index (κ2) is 6.68. The van der Waals surface area contributed by atoms with E-state index >= 15 is 0 Å². The van der Waals surface area contributed by atoms with Crippen molar-refractivity contribution < 1.29 is 5.11 Å². The van der Waals surface area contributed by atoms with Crippen molar-refractivity contribution in [3.05, 3.63) is 29.8 Å². The maximum Gasteiger partial charge on any atom is 0.0948 e. The highest BCUT2D eigenvalue weighted by atomic mass is 32.1. The van der Waals surface area contributed by atoms with Crippen LogP contribution in [-0.2, 0) is 0 Å². The standard InChI is InChI=1S/C13H21N3OS/c1-15(2)11-6-4-10(5-7-11)12(13(14)18)16(3)8-9-17/h4-7,12,17H,8-9H2,1-3H3,(H2,14,18). The van der Waals surface area contributed by atoms with Crippen LogP contribution < -0.4 is 10.6 Å². The first kappa shape index (κ1) is 14.9. The quantitative estimate of drug-likeness (QED) is 0.753. The summed E-state index contributed by atoms with van der Waals surface area (Å²) in [6.45, 7) is 0.628. The first-order chi connectivity index (χ1) is 8.47. The van der Waals surface area contributed by atoms with Gasteiger partial charge in [0, 0.05) is 26.3 Å². The van der Waals surface area contributed by atoms with Gasteiger partial charge in [-0.3, -0.25) is 4.90 Å². The molecular formula is C13H21N3OS. The van der Waals surface area contributed by atoms with Gasteiger partial charge in [-0.25, -0.2) is 0 Å². The topological polar surface area (TPSA) is 52.7 Å². The predicted molar refractivity (Wildman–Crippen MR) is 80.0 cm³/mol. The SMILES string of the molecule is CN(C)c1ccc(C(C(N)=S)N(C)CCO)cc1. The molecule has 0 saturated carbocycles. The number of anilines is 1. The lowest BCUT2D eigenvalue weighted by Crippen LogP contribution is -2.35. The molecule has 5 heteroatoms. The number of aliphatic hydroxyl groups is 1. The number of hydrogen-bond donors (Lipinski definition) is 2. The van der Waals surface area contributed by atoms with E-state index in [-0.39, 0.29) is 12.6 Å². The van der Waals surface area contributed by atoms with Crippen LogP contribution in [0.5, 0.6) is 0 Å². The van der Waals surface area contributed by atoms with Crippen LogP contribution in [0.15, 0.2) is 24.3 Å². The van der Waals surface area contributed by atoms with Gasteiger partial charge in [0.15, 0.2) is 0 Å². The lowest BCUT2D eigenvalue weighted by molar-refractivity contribution is 0.207. The van der Waals surface area contributed by atoms with Crippen molar-refractivity contribution in [1.29, 1.82) is 0 Å². The Kier molecular flexibility index (Phi) is 5.53. The van der Waals surface area contributed by atoms with Gasteiger partial charge in [-0.1, -0.05) is 24.4 Å². The second-order valence-electron chi connectivity index (χ2n) is 4.50. The molecule has 18 heavy (non-hydrogen) atoms. The Hall–Kier alpha value is -1.17. The zero-order valence-corrected chi connectivity index (χ0v) is 11.9. The molecular weight excluding hydrogens is 246 g/mol. The molecule has 0 bridgehead atoms. The number of likely N-dealkylation sites (N-methyl/N-ethyl adjacent to an activating group) is 1. The zero-order valence-electron chi connectivity index (χ0n) is 11.1. The minimum Gasteiger partial charge on any atom is -0.395 e. The highest BCUT2D eigenvalue weighted by molar-refractivity contribution is 7.80. The number of thiocarbonyl (C=S) groups is 1. The number of hydrogen-bond acceptors (Lipinski definition) is 4. The lowest BCUT2D eigenvalue weighted by atomic mass is 10.0. The fourth-order valence-electron chi connectivity index (χ4n) is 1.88. The number of nitrogens with zero attached hydrogens (tertiary/aromatic N) is 2. The number of rotatable bonds is 6. The van der Waals surface area contributed by atoms with Gasteiger partial charge in [-0.2, -0.15) is 0 Å². The summed E-state index contributed by atoms with van der Waals surface area (Å²) in [6, 6.07) is 7.98. The molecule has 0 spiro atoms. The van der Waals surface area contributed by atoms with E-state index in [0.717, 1.165) is 11.3 Å². The summed E-state index contributed by atoms with van der Waals surface area (Å²) in [5.74, 6) is 0. The highest BCUT2D eigenvalue weighted by Crippen LogP contribution is 2.22. The van der Waals surface area contributed by atoms with Gasteiger partial charge in [0.25, 0.3) is 0 Å². The van der Waals surface area contributed by atoms with E-state index in [1.165, 1.54) is 0 Å². The average molecular weight is 267 g/mol. The summed E-state index contributed by atoms with van der Waals surface area (Å²) >= 11 is 5.12. The van der Waals surface area contributed by atoms with E-state index in [4.69, 9.17) is 23.1 Å². The van der Waals surface area contributed by atoms with Crippen molar-refractivity contribution in [2.75, 3.05) is 39.2 Å². The van der Waals surface area contributed by atoms with Gasteiger partial charge >= 0.3 is 0 Å². The second-order valence-corrected chi connectivity index (χ2v) is 4.97. The van der Waals surface area contributed by atoms with Crippen LogP contribution in [-0.4, -0.2) is 49.3 Å². The van der Waals surface area contributed by atoms with Crippen LogP contribution in [0.4, 0.5) is 5.69 Å². The molecule has 0 aliphatic rings. The molecule has 0 saturated heterocycles.